The Morgan fingerprint density at radius 3 is 3.00 bits per heavy atom. The molecule has 17 heavy (non-hydrogen) atoms. The van der Waals surface area contributed by atoms with Crippen LogP contribution in [-0.4, -0.2) is 27.4 Å². The number of rotatable bonds is 3. The lowest BCUT2D eigenvalue weighted by molar-refractivity contribution is 0.0159. The van der Waals surface area contributed by atoms with Crippen molar-refractivity contribution in [1.29, 1.82) is 0 Å². The zero-order valence-electron chi connectivity index (χ0n) is 9.66. The van der Waals surface area contributed by atoms with Crippen LogP contribution >= 0.6 is 0 Å². The van der Waals surface area contributed by atoms with Crippen molar-refractivity contribution in [3.8, 4) is 0 Å². The van der Waals surface area contributed by atoms with Crippen molar-refractivity contribution < 1.29 is 14.4 Å². The number of carbonyl (C=O) groups excluding carboxylic acids is 1. The van der Waals surface area contributed by atoms with Crippen LogP contribution in [0.5, 0.6) is 0 Å². The molecule has 6 heteroatoms. The molecular formula is C11H13N3O3. The zero-order valence-corrected chi connectivity index (χ0v) is 9.66. The van der Waals surface area contributed by atoms with Crippen LogP contribution in [0.1, 0.15) is 20.3 Å². The highest BCUT2D eigenvalue weighted by Crippen LogP contribution is 2.08. The summed E-state index contributed by atoms with van der Waals surface area (Å²) in [6.45, 7) is 3.71. The molecule has 0 radical (unpaired) electrons. The minimum absolute atomic E-state index is 0.183. The summed E-state index contributed by atoms with van der Waals surface area (Å²) in [7, 11) is 0. The van der Waals surface area contributed by atoms with Gasteiger partial charge in [0.15, 0.2) is 0 Å². The lowest BCUT2D eigenvalue weighted by Crippen LogP contribution is -2.25. The van der Waals surface area contributed by atoms with Gasteiger partial charge < -0.3 is 4.74 Å². The van der Waals surface area contributed by atoms with E-state index in [0.29, 0.717) is 11.0 Å². The van der Waals surface area contributed by atoms with Crippen LogP contribution in [0, 0.1) is 0 Å². The number of ether oxygens (including phenoxy) is 1. The Kier molecular flexibility index (Phi) is 3.22. The number of fused-ring (bicyclic) bond motifs is 1. The molecule has 6 nitrogen and oxygen atoms in total. The van der Waals surface area contributed by atoms with Gasteiger partial charge in [-0.15, -0.1) is 5.10 Å². The van der Waals surface area contributed by atoms with Gasteiger partial charge in [0.2, 0.25) is 0 Å². The Labute approximate surface area is 98.1 Å². The van der Waals surface area contributed by atoms with E-state index in [0.717, 1.165) is 11.3 Å². The molecule has 1 atom stereocenters. The molecule has 90 valence electrons. The quantitative estimate of drug-likeness (QED) is 0.599. The van der Waals surface area contributed by atoms with Crippen LogP contribution in [0.3, 0.4) is 0 Å². The number of hydrogen-bond donors (Lipinski definition) is 0. The molecule has 0 spiro atoms. The van der Waals surface area contributed by atoms with Gasteiger partial charge in [0, 0.05) is 0 Å². The Morgan fingerprint density at radius 2 is 2.24 bits per heavy atom. The van der Waals surface area contributed by atoms with Crippen LogP contribution in [-0.2, 0) is 4.74 Å². The smallest absolute Gasteiger partial charge is 0.430 e. The fourth-order valence-electron chi connectivity index (χ4n) is 1.25. The van der Waals surface area contributed by atoms with Crippen LogP contribution in [0.2, 0.25) is 0 Å². The fraction of sp³-hybridized carbons (Fsp3) is 0.364. The highest BCUT2D eigenvalue weighted by molar-refractivity contribution is 5.74. The average molecular weight is 235 g/mol. The lowest BCUT2D eigenvalue weighted by Gasteiger charge is -2.09. The van der Waals surface area contributed by atoms with Gasteiger partial charge in [-0.3, -0.25) is 4.84 Å². The minimum Gasteiger partial charge on any atom is -0.430 e. The third kappa shape index (κ3) is 2.52. The first kappa shape index (κ1) is 11.4. The second-order valence-electron chi connectivity index (χ2n) is 3.63. The second-order valence-corrected chi connectivity index (χ2v) is 3.63. The predicted octanol–water partition coefficient (Wildman–Crippen LogP) is 1.79. The van der Waals surface area contributed by atoms with Crippen molar-refractivity contribution >= 4 is 17.2 Å². The van der Waals surface area contributed by atoms with E-state index >= 15 is 0 Å². The molecule has 1 heterocycles. The van der Waals surface area contributed by atoms with Crippen molar-refractivity contribution in [1.82, 2.24) is 15.2 Å². The molecule has 0 fully saturated rings. The van der Waals surface area contributed by atoms with E-state index in [-0.39, 0.29) is 6.10 Å². The summed E-state index contributed by atoms with van der Waals surface area (Å²) in [6, 6.07) is 7.18. The number of nitrogens with zero attached hydrogens (tertiary/aromatic N) is 3. The van der Waals surface area contributed by atoms with Gasteiger partial charge in [-0.05, 0) is 30.7 Å². The molecule has 2 aromatic rings. The van der Waals surface area contributed by atoms with Gasteiger partial charge in [-0.1, -0.05) is 23.9 Å². The topological polar surface area (TPSA) is 66.2 Å². The van der Waals surface area contributed by atoms with Crippen molar-refractivity contribution in [2.24, 2.45) is 0 Å². The maximum Gasteiger partial charge on any atom is 0.535 e. The summed E-state index contributed by atoms with van der Waals surface area (Å²) in [4.78, 5) is 17.4. The molecule has 1 aromatic carbocycles. The SMILES string of the molecule is CCC(C)OC(=O)On1nnc2ccccc21. The molecule has 0 aliphatic carbocycles. The van der Waals surface area contributed by atoms with Crippen LogP contribution in [0.4, 0.5) is 4.79 Å². The highest BCUT2D eigenvalue weighted by Gasteiger charge is 2.13. The van der Waals surface area contributed by atoms with E-state index < -0.39 is 6.16 Å². The maximum absolute atomic E-state index is 11.4. The van der Waals surface area contributed by atoms with Gasteiger partial charge in [0.05, 0.1) is 0 Å². The molecule has 0 aliphatic rings. The first-order valence-electron chi connectivity index (χ1n) is 5.40. The third-order valence-corrected chi connectivity index (χ3v) is 2.35. The van der Waals surface area contributed by atoms with Crippen molar-refractivity contribution in [2.75, 3.05) is 0 Å². The van der Waals surface area contributed by atoms with E-state index in [1.807, 2.05) is 19.1 Å². The molecule has 1 unspecified atom stereocenters. The molecule has 0 aliphatic heterocycles. The lowest BCUT2D eigenvalue weighted by atomic mass is 10.3. The van der Waals surface area contributed by atoms with Crippen molar-refractivity contribution in [3.05, 3.63) is 24.3 Å². The van der Waals surface area contributed by atoms with E-state index in [1.165, 1.54) is 0 Å². The predicted molar refractivity (Wildman–Crippen MR) is 60.3 cm³/mol. The molecular weight excluding hydrogens is 222 g/mol. The monoisotopic (exact) mass is 235 g/mol. The summed E-state index contributed by atoms with van der Waals surface area (Å²) in [5.41, 5.74) is 1.28. The summed E-state index contributed by atoms with van der Waals surface area (Å²) in [6.07, 6.45) is -0.236. The minimum atomic E-state index is -0.782. The summed E-state index contributed by atoms with van der Waals surface area (Å²) >= 11 is 0. The average Bonchev–Trinajstić information content (AvgIpc) is 2.72. The van der Waals surface area contributed by atoms with E-state index in [1.54, 1.807) is 19.1 Å². The number of carbonyl (C=O) groups is 1. The molecule has 0 N–H and O–H groups in total. The summed E-state index contributed by atoms with van der Waals surface area (Å²) in [5.74, 6) is 0. The van der Waals surface area contributed by atoms with E-state index in [2.05, 4.69) is 10.3 Å². The van der Waals surface area contributed by atoms with Gasteiger partial charge in [-0.25, -0.2) is 4.79 Å². The van der Waals surface area contributed by atoms with Crippen molar-refractivity contribution in [2.45, 2.75) is 26.4 Å². The Morgan fingerprint density at radius 1 is 1.47 bits per heavy atom. The highest BCUT2D eigenvalue weighted by atomic mass is 16.8. The number of hydrogen-bond acceptors (Lipinski definition) is 5. The van der Waals surface area contributed by atoms with Crippen LogP contribution < -0.4 is 4.84 Å². The third-order valence-electron chi connectivity index (χ3n) is 2.35. The summed E-state index contributed by atoms with van der Waals surface area (Å²) in [5, 5.41) is 7.56. The molecule has 0 saturated carbocycles. The van der Waals surface area contributed by atoms with Gasteiger partial charge in [0.25, 0.3) is 0 Å². The normalized spacial score (nSPS) is 12.4. The van der Waals surface area contributed by atoms with E-state index in [9.17, 15) is 4.79 Å². The molecule has 0 bridgehead atoms. The Balaban J connectivity index is 2.11. The number of para-hydroxylation sites is 1. The standard InChI is InChI=1S/C11H13N3O3/c1-3-8(2)16-11(15)17-14-10-7-5-4-6-9(10)12-13-14/h4-8H,3H2,1-2H3. The Hall–Kier alpha value is -2.11. The maximum atomic E-state index is 11.4. The summed E-state index contributed by atoms with van der Waals surface area (Å²) < 4.78 is 4.97. The first-order chi connectivity index (χ1) is 8.20. The molecule has 0 amide bonds. The molecule has 2 rings (SSSR count). The van der Waals surface area contributed by atoms with Crippen LogP contribution in [0.15, 0.2) is 24.3 Å². The molecule has 1 aromatic heterocycles. The Bertz CT molecular complexity index is 523. The van der Waals surface area contributed by atoms with Gasteiger partial charge >= 0.3 is 6.16 Å². The van der Waals surface area contributed by atoms with E-state index in [4.69, 9.17) is 9.57 Å². The largest absolute Gasteiger partial charge is 0.535 e. The number of benzene rings is 1. The molecule has 0 saturated heterocycles. The van der Waals surface area contributed by atoms with Crippen LogP contribution in [0.25, 0.3) is 11.0 Å². The number of aromatic nitrogens is 3. The zero-order chi connectivity index (χ0) is 12.3. The van der Waals surface area contributed by atoms with Gasteiger partial charge in [-0.2, -0.15) is 0 Å². The first-order valence-corrected chi connectivity index (χ1v) is 5.40. The second kappa shape index (κ2) is 4.82. The van der Waals surface area contributed by atoms with Gasteiger partial charge in [0.1, 0.15) is 17.1 Å². The van der Waals surface area contributed by atoms with Crippen molar-refractivity contribution in [3.63, 3.8) is 0 Å². The fourth-order valence-corrected chi connectivity index (χ4v) is 1.25.